The largest absolute Gasteiger partial charge is 0.497 e. The second-order valence-electron chi connectivity index (χ2n) is 4.76. The van der Waals surface area contributed by atoms with Crippen LogP contribution in [-0.4, -0.2) is 23.6 Å². The molecular weight excluding hydrogens is 318 g/mol. The van der Waals surface area contributed by atoms with Crippen LogP contribution >= 0.6 is 23.4 Å². The lowest BCUT2D eigenvalue weighted by Gasteiger charge is -2.17. The van der Waals surface area contributed by atoms with Gasteiger partial charge in [0.25, 0.3) is 0 Å². The van der Waals surface area contributed by atoms with Gasteiger partial charge < -0.3 is 10.1 Å². The van der Waals surface area contributed by atoms with Crippen molar-refractivity contribution in [2.75, 3.05) is 12.4 Å². The Hall–Kier alpha value is -1.65. The van der Waals surface area contributed by atoms with E-state index >= 15 is 0 Å². The van der Waals surface area contributed by atoms with E-state index in [1.54, 1.807) is 43.1 Å². The third-order valence-corrected chi connectivity index (χ3v) is 5.00. The van der Waals surface area contributed by atoms with Gasteiger partial charge in [0.05, 0.1) is 7.11 Å². The summed E-state index contributed by atoms with van der Waals surface area (Å²) in [5.41, 5.74) is 0.702. The summed E-state index contributed by atoms with van der Waals surface area (Å²) in [7, 11) is 1.60. The molecule has 0 saturated heterocycles. The third-order valence-electron chi connectivity index (χ3n) is 3.09. The van der Waals surface area contributed by atoms with Crippen molar-refractivity contribution in [1.82, 2.24) is 0 Å². The van der Waals surface area contributed by atoms with E-state index in [1.165, 1.54) is 0 Å². The predicted octanol–water partition coefficient (Wildman–Crippen LogP) is 4.42. The fourth-order valence-electron chi connectivity index (χ4n) is 1.87. The number of ether oxygens (including phenoxy) is 1. The Morgan fingerprint density at radius 3 is 2.36 bits per heavy atom. The molecule has 0 spiro atoms. The van der Waals surface area contributed by atoms with Crippen molar-refractivity contribution in [3.05, 3.63) is 54.6 Å². The van der Waals surface area contributed by atoms with E-state index in [4.69, 9.17) is 16.3 Å². The zero-order valence-corrected chi connectivity index (χ0v) is 14.0. The first-order valence-electron chi connectivity index (χ1n) is 6.91. The molecule has 22 heavy (non-hydrogen) atoms. The van der Waals surface area contributed by atoms with Gasteiger partial charge in [-0.05, 0) is 36.4 Å². The van der Waals surface area contributed by atoms with Crippen LogP contribution in [0.3, 0.4) is 0 Å². The summed E-state index contributed by atoms with van der Waals surface area (Å²) in [6.07, 6.45) is 0. The molecule has 0 unspecified atom stereocenters. The number of anilines is 1. The number of carbonyl (C=O) groups excluding carboxylic acids is 1. The third kappa shape index (κ3) is 4.68. The minimum atomic E-state index is -0.618. The maximum Gasteiger partial charge on any atom is 0.243 e. The molecule has 0 heterocycles. The van der Waals surface area contributed by atoms with Crippen molar-refractivity contribution >= 4 is 35.0 Å². The minimum absolute atomic E-state index is 0.0395. The lowest BCUT2D eigenvalue weighted by atomic mass is 10.2. The van der Waals surface area contributed by atoms with Crippen molar-refractivity contribution in [2.24, 2.45) is 0 Å². The molecule has 0 fully saturated rings. The smallest absolute Gasteiger partial charge is 0.243 e. The standard InChI is InChI=1S/C17H18ClNO2S/c1-12(22-15-6-4-3-5-7-15)16(18)17(20)19-13-8-10-14(21-2)11-9-13/h3-12,16H,1-2H3,(H,19,20)/t12-,16-/m1/s1. The molecule has 2 rings (SSSR count). The quantitative estimate of drug-likeness (QED) is 0.627. The first-order chi connectivity index (χ1) is 10.6. The minimum Gasteiger partial charge on any atom is -0.497 e. The molecule has 2 atom stereocenters. The number of hydrogen-bond acceptors (Lipinski definition) is 3. The fraction of sp³-hybridized carbons (Fsp3) is 0.235. The SMILES string of the molecule is COc1ccc(NC(=O)[C@H](Cl)[C@@H](C)Sc2ccccc2)cc1. The number of benzene rings is 2. The van der Waals surface area contributed by atoms with E-state index in [2.05, 4.69) is 5.32 Å². The molecule has 0 saturated carbocycles. The Kier molecular flexibility index (Phi) is 6.16. The number of nitrogens with one attached hydrogen (secondary N) is 1. The number of rotatable bonds is 6. The fourth-order valence-corrected chi connectivity index (χ4v) is 3.07. The van der Waals surface area contributed by atoms with Crippen LogP contribution in [0.25, 0.3) is 0 Å². The van der Waals surface area contributed by atoms with Crippen LogP contribution in [0.1, 0.15) is 6.92 Å². The van der Waals surface area contributed by atoms with Crippen molar-refractivity contribution in [3.8, 4) is 5.75 Å². The van der Waals surface area contributed by atoms with Crippen molar-refractivity contribution in [3.63, 3.8) is 0 Å². The highest BCUT2D eigenvalue weighted by molar-refractivity contribution is 8.00. The highest BCUT2D eigenvalue weighted by Gasteiger charge is 2.23. The number of methoxy groups -OCH3 is 1. The summed E-state index contributed by atoms with van der Waals surface area (Å²) < 4.78 is 5.08. The first-order valence-corrected chi connectivity index (χ1v) is 8.22. The van der Waals surface area contributed by atoms with Crippen LogP contribution in [0.4, 0.5) is 5.69 Å². The second-order valence-corrected chi connectivity index (χ2v) is 6.68. The van der Waals surface area contributed by atoms with Crippen LogP contribution in [0.5, 0.6) is 5.75 Å². The number of carbonyl (C=O) groups is 1. The van der Waals surface area contributed by atoms with Gasteiger partial charge in [0.1, 0.15) is 11.1 Å². The lowest BCUT2D eigenvalue weighted by Crippen LogP contribution is -2.30. The highest BCUT2D eigenvalue weighted by atomic mass is 35.5. The van der Waals surface area contributed by atoms with Gasteiger partial charge in [-0.25, -0.2) is 0 Å². The van der Waals surface area contributed by atoms with Gasteiger partial charge >= 0.3 is 0 Å². The number of amides is 1. The van der Waals surface area contributed by atoms with Crippen molar-refractivity contribution in [1.29, 1.82) is 0 Å². The molecule has 5 heteroatoms. The molecule has 0 bridgehead atoms. The van der Waals surface area contributed by atoms with Gasteiger partial charge in [-0.15, -0.1) is 23.4 Å². The molecule has 1 N–H and O–H groups in total. The van der Waals surface area contributed by atoms with Crippen LogP contribution in [0.15, 0.2) is 59.5 Å². The van der Waals surface area contributed by atoms with Gasteiger partial charge in [-0.1, -0.05) is 25.1 Å². The molecule has 2 aromatic rings. The summed E-state index contributed by atoms with van der Waals surface area (Å²) in [5, 5.41) is 2.16. The summed E-state index contributed by atoms with van der Waals surface area (Å²) in [4.78, 5) is 13.3. The van der Waals surface area contributed by atoms with E-state index < -0.39 is 5.38 Å². The van der Waals surface area contributed by atoms with Crippen LogP contribution in [-0.2, 0) is 4.79 Å². The highest BCUT2D eigenvalue weighted by Crippen LogP contribution is 2.28. The van der Waals surface area contributed by atoms with Gasteiger partial charge in [0.2, 0.25) is 5.91 Å². The number of hydrogen-bond donors (Lipinski definition) is 1. The molecule has 0 aliphatic heterocycles. The monoisotopic (exact) mass is 335 g/mol. The van der Waals surface area contributed by atoms with Gasteiger partial charge in [0.15, 0.2) is 0 Å². The molecule has 116 valence electrons. The average Bonchev–Trinajstić information content (AvgIpc) is 2.55. The van der Waals surface area contributed by atoms with Crippen LogP contribution in [0.2, 0.25) is 0 Å². The first kappa shape index (κ1) is 16.7. The molecule has 3 nitrogen and oxygen atoms in total. The normalized spacial score (nSPS) is 13.2. The van der Waals surface area contributed by atoms with Crippen molar-refractivity contribution < 1.29 is 9.53 Å². The van der Waals surface area contributed by atoms with E-state index in [0.717, 1.165) is 10.6 Å². The average molecular weight is 336 g/mol. The molecule has 2 aromatic carbocycles. The molecule has 0 aliphatic carbocycles. The van der Waals surface area contributed by atoms with Gasteiger partial charge in [-0.3, -0.25) is 4.79 Å². The Bertz CT molecular complexity index is 604. The topological polar surface area (TPSA) is 38.3 Å². The summed E-state index contributed by atoms with van der Waals surface area (Å²) >= 11 is 7.87. The second kappa shape index (κ2) is 8.11. The van der Waals surface area contributed by atoms with E-state index in [1.807, 2.05) is 37.3 Å². The maximum atomic E-state index is 12.2. The van der Waals surface area contributed by atoms with E-state index in [0.29, 0.717) is 5.69 Å². The Morgan fingerprint density at radius 2 is 1.77 bits per heavy atom. The number of thioether (sulfide) groups is 1. The number of alkyl halides is 1. The van der Waals surface area contributed by atoms with Gasteiger partial charge in [0, 0.05) is 15.8 Å². The molecular formula is C17H18ClNO2S. The summed E-state index contributed by atoms with van der Waals surface area (Å²) in [6, 6.07) is 17.1. The van der Waals surface area contributed by atoms with Crippen LogP contribution < -0.4 is 10.1 Å². The molecule has 0 aromatic heterocycles. The maximum absolute atomic E-state index is 12.2. The molecule has 0 radical (unpaired) electrons. The molecule has 0 aliphatic rings. The zero-order valence-electron chi connectivity index (χ0n) is 12.5. The number of halogens is 1. The van der Waals surface area contributed by atoms with Crippen LogP contribution in [0, 0.1) is 0 Å². The summed E-state index contributed by atoms with van der Waals surface area (Å²) in [6.45, 7) is 1.95. The Labute approximate surface area is 140 Å². The zero-order chi connectivity index (χ0) is 15.9. The Balaban J connectivity index is 1.93. The predicted molar refractivity (Wildman–Crippen MR) is 93.0 cm³/mol. The van der Waals surface area contributed by atoms with E-state index in [9.17, 15) is 4.79 Å². The van der Waals surface area contributed by atoms with Gasteiger partial charge in [-0.2, -0.15) is 0 Å². The lowest BCUT2D eigenvalue weighted by molar-refractivity contribution is -0.115. The molecule has 1 amide bonds. The van der Waals surface area contributed by atoms with Crippen molar-refractivity contribution in [2.45, 2.75) is 22.4 Å². The Morgan fingerprint density at radius 1 is 1.14 bits per heavy atom. The van der Waals surface area contributed by atoms with E-state index in [-0.39, 0.29) is 11.2 Å². The summed E-state index contributed by atoms with van der Waals surface area (Å²) in [5.74, 6) is 0.538.